The standard InChI is InChI=1S/C43H55GeN2P.C34H49GeNS.C26H44GeN3P/c1-28(2)36-21-15-22-37(29(3)4)40(36)45-47(34-17-11-9-12-18-34,35-19-13-10-14-20-35)43-33-26-25-32(27-33)41(43)46(44)42-38(30(5)6)23-16-24-39(42)31(7)8;1-19(2)26-17-29(22(7)8)34(30(18-26)23(9)10)37-33-25-15-14-24(16-25)31(33)36(35-37)32-27(20(3)4)12-11-13-28(32)21(5)6;1-17-14-18(2)22(19(3)15-17)30(27)23-20-10-11-21(16-20)24(23)31-28(25(4,5)6)12-13-29(31)26(7,8)9/h9-24,28-33H,25-27H2,1-8,44H3;11-13,17-25,35H,14-16H2,1-10H3;14-15,20-21H,10-13,16H2,1-9,27H3/q-1;;-1/p+1/t;;20-,21+/m..1/s1. The van der Waals surface area contributed by atoms with Crippen LogP contribution in [0, 0.1) is 56.3 Å². The summed E-state index contributed by atoms with van der Waals surface area (Å²) in [7, 11) is -3.06. The number of benzene rings is 7. The van der Waals surface area contributed by atoms with E-state index < -0.39 is 29.3 Å². The average molecular weight is 1780 g/mol. The number of nitrogens with zero attached hydrogens (tertiary/aromatic N) is 6. The number of fused-ring (bicyclic) bond motifs is 8. The molecule has 3 saturated carbocycles. The van der Waals surface area contributed by atoms with Gasteiger partial charge in [0.2, 0.25) is 0 Å². The third-order valence-electron chi connectivity index (χ3n) is 27.5. The predicted molar refractivity (Wildman–Crippen MR) is 520 cm³/mol. The summed E-state index contributed by atoms with van der Waals surface area (Å²) < 4.78 is 20.9. The Bertz CT molecular complexity index is 4710. The van der Waals surface area contributed by atoms with Crippen molar-refractivity contribution in [2.75, 3.05) is 24.7 Å². The third-order valence-corrected chi connectivity index (χ3v) is 48.4. The van der Waals surface area contributed by atoms with Crippen LogP contribution >= 0.6 is 24.0 Å². The molecule has 7 aromatic carbocycles. The van der Waals surface area contributed by atoms with Gasteiger partial charge >= 0.3 is 732 Å². The fraction of sp³-hybridized carbons (Fsp3) is 0.534. The Labute approximate surface area is 725 Å². The molecule has 115 heavy (non-hydrogen) atoms. The van der Waals surface area contributed by atoms with Crippen LogP contribution in [0.5, 0.6) is 0 Å². The van der Waals surface area contributed by atoms with Crippen LogP contribution in [0.25, 0.3) is 0 Å². The van der Waals surface area contributed by atoms with E-state index in [0.29, 0.717) is 107 Å². The second-order valence-electron chi connectivity index (χ2n) is 40.8. The third kappa shape index (κ3) is 17.1. The Morgan fingerprint density at radius 2 is 0.826 bits per heavy atom. The van der Waals surface area contributed by atoms with Crippen molar-refractivity contribution >= 4 is 105 Å². The Morgan fingerprint density at radius 1 is 0.435 bits per heavy atom. The molecule has 6 nitrogen and oxygen atoms in total. The maximum atomic E-state index is 6.36. The quantitative estimate of drug-likeness (QED) is 0.0560. The van der Waals surface area contributed by atoms with Gasteiger partial charge in [-0.1, -0.05) is 0 Å². The summed E-state index contributed by atoms with van der Waals surface area (Å²) in [5.74, 6) is 8.93. The molecule has 7 aromatic rings. The van der Waals surface area contributed by atoms with Gasteiger partial charge in [0, 0.05) is 0 Å². The van der Waals surface area contributed by atoms with Crippen molar-refractivity contribution < 1.29 is 0 Å². The molecule has 620 valence electrons. The number of para-hydroxylation sites is 2. The van der Waals surface area contributed by atoms with Crippen LogP contribution in [0.4, 0.5) is 22.7 Å². The first kappa shape index (κ1) is 88.5. The zero-order valence-electron chi connectivity index (χ0n) is 76.8. The van der Waals surface area contributed by atoms with Crippen LogP contribution in [-0.2, 0) is 0 Å². The van der Waals surface area contributed by atoms with Gasteiger partial charge in [0.15, 0.2) is 0 Å². The van der Waals surface area contributed by atoms with E-state index in [4.69, 9.17) is 4.74 Å². The Morgan fingerprint density at radius 3 is 1.28 bits per heavy atom. The van der Waals surface area contributed by atoms with E-state index in [2.05, 4.69) is 347 Å². The molecule has 0 spiro atoms. The van der Waals surface area contributed by atoms with Crippen LogP contribution in [0.2, 0.25) is 0 Å². The van der Waals surface area contributed by atoms with Crippen molar-refractivity contribution in [1.82, 2.24) is 9.34 Å². The molecular formula is C103H149Ge3N6P2S-. The molecule has 0 aromatic heterocycles. The first-order valence-corrected chi connectivity index (χ1v) is 57.5. The number of hydrogen-bond donors (Lipinski definition) is 0. The van der Waals surface area contributed by atoms with Crippen LogP contribution in [-0.4, -0.2) is 81.0 Å². The van der Waals surface area contributed by atoms with Gasteiger partial charge in [0.05, 0.1) is 0 Å². The molecule has 15 rings (SSSR count). The molecule has 6 aliphatic carbocycles. The summed E-state index contributed by atoms with van der Waals surface area (Å²) in [6.07, 6.45) is 12.3. The molecule has 0 N–H and O–H groups in total. The van der Waals surface area contributed by atoms with Gasteiger partial charge in [-0.3, -0.25) is 0 Å². The van der Waals surface area contributed by atoms with Crippen molar-refractivity contribution in [3.63, 3.8) is 0 Å². The summed E-state index contributed by atoms with van der Waals surface area (Å²) in [6.45, 7) is 66.9. The molecule has 6 bridgehead atoms. The first-order chi connectivity index (χ1) is 54.4. The summed E-state index contributed by atoms with van der Waals surface area (Å²) in [4.78, 5) is 3.70. The van der Waals surface area contributed by atoms with E-state index in [9.17, 15) is 0 Å². The van der Waals surface area contributed by atoms with E-state index in [1.807, 2.05) is 15.9 Å². The molecule has 8 aliphatic rings. The number of rotatable bonds is 20. The van der Waals surface area contributed by atoms with Crippen molar-refractivity contribution in [1.29, 1.82) is 0 Å². The van der Waals surface area contributed by atoms with Gasteiger partial charge in [-0.15, -0.1) is 0 Å². The molecule has 2 heterocycles. The van der Waals surface area contributed by atoms with Crippen LogP contribution in [0.15, 0.2) is 182 Å². The normalized spacial score (nSPS) is 21.7. The first-order valence-electron chi connectivity index (χ1n) is 45.2. The molecule has 7 atom stereocenters. The molecule has 2 aliphatic heterocycles. The van der Waals surface area contributed by atoms with Gasteiger partial charge in [-0.25, -0.2) is 0 Å². The number of anilines is 3. The van der Waals surface area contributed by atoms with Gasteiger partial charge in [-0.2, -0.15) is 0 Å². The van der Waals surface area contributed by atoms with Gasteiger partial charge in [0.1, 0.15) is 0 Å². The molecule has 5 unspecified atom stereocenters. The van der Waals surface area contributed by atoms with Crippen LogP contribution < -0.4 is 22.2 Å². The van der Waals surface area contributed by atoms with E-state index in [1.165, 1.54) is 143 Å². The van der Waals surface area contributed by atoms with Crippen molar-refractivity contribution in [2.24, 2.45) is 40.3 Å². The van der Waals surface area contributed by atoms with Crippen LogP contribution in [0.3, 0.4) is 0 Å². The van der Waals surface area contributed by atoms with Gasteiger partial charge in [-0.05, 0) is 0 Å². The number of aryl methyl sites for hydroxylation is 3. The number of allylic oxidation sites excluding steroid dienone is 6. The molecule has 1 saturated heterocycles. The van der Waals surface area contributed by atoms with E-state index in [-0.39, 0.29) is 11.1 Å². The predicted octanol–water partition coefficient (Wildman–Crippen LogP) is 27.1. The summed E-state index contributed by atoms with van der Waals surface area (Å²) >= 11 is 0.249. The van der Waals surface area contributed by atoms with E-state index in [1.54, 1.807) is 49.5 Å². The maximum absolute atomic E-state index is 6.36. The Hall–Kier alpha value is -4.28. The minimum absolute atomic E-state index is 0.226. The van der Waals surface area contributed by atoms with Crippen LogP contribution in [0.1, 0.15) is 344 Å². The SMILES string of the molecule is CC(C)c1cc(C(C)C)c([S]2=[GeH][N](c3c(C(C)C)cccc3C(C)C)C3=C2C2CCC3C2)c(C(C)C)c1.CC(C)c1cccc(C(C)C)c1N=P(C1=C([N]([GeH3-])c2c(C(C)C)cccc2C(C)C)C2CCC1C2)(c1ccccc1)c1ccccc1.Cc1cc(C)c([N]([GeH3-])C2=C([PH+]3N(C(C)(C)C)CCN3C(C)(C)C)[C@H]3CC[C@@H]2C3)c(C)c1. The zero-order chi connectivity index (χ0) is 83.1. The average Bonchev–Trinajstić information content (AvgIpc) is 1.57. The van der Waals surface area contributed by atoms with Crippen molar-refractivity contribution in [3.8, 4) is 0 Å². The molecule has 4 fully saturated rings. The Kier molecular flexibility index (Phi) is 27.4. The molecule has 0 radical (unpaired) electrons. The van der Waals surface area contributed by atoms with Crippen molar-refractivity contribution in [2.45, 2.75) is 314 Å². The van der Waals surface area contributed by atoms with Crippen molar-refractivity contribution in [3.05, 3.63) is 239 Å². The molecule has 12 heteroatoms. The van der Waals surface area contributed by atoms with Gasteiger partial charge < -0.3 is 0 Å². The summed E-state index contributed by atoms with van der Waals surface area (Å²) in [5, 5.41) is 6.33. The zero-order valence-corrected chi connectivity index (χ0v) is 90.4. The number of hydrogen-bond acceptors (Lipinski definition) is 6. The monoisotopic (exact) mass is 1790 g/mol. The second-order valence-corrected chi connectivity index (χ2v) is 56.9. The summed E-state index contributed by atoms with van der Waals surface area (Å²) in [6, 6.07) is 54.2. The minimum atomic E-state index is -2.46. The second kappa shape index (κ2) is 35.7. The van der Waals surface area contributed by atoms with E-state index >= 15 is 0 Å². The summed E-state index contributed by atoms with van der Waals surface area (Å²) in [5.41, 5.74) is 29.6. The fourth-order valence-corrected chi connectivity index (χ4v) is 48.8. The van der Waals surface area contributed by atoms with Gasteiger partial charge in [0.25, 0.3) is 0 Å². The topological polar surface area (TPSA) is 28.6 Å². The molecular weight excluding hydrogens is 1630 g/mol. The fourth-order valence-electron chi connectivity index (χ4n) is 22.1. The molecule has 0 amide bonds. The Balaban J connectivity index is 0.000000154. The van der Waals surface area contributed by atoms with E-state index in [0.717, 1.165) is 23.7 Å².